The van der Waals surface area contributed by atoms with Gasteiger partial charge in [0.1, 0.15) is 5.02 Å². The second kappa shape index (κ2) is 9.67. The van der Waals surface area contributed by atoms with Crippen molar-refractivity contribution in [1.29, 1.82) is 0 Å². The van der Waals surface area contributed by atoms with Gasteiger partial charge in [-0.05, 0) is 24.3 Å². The fourth-order valence-electron chi connectivity index (χ4n) is 2.73. The van der Waals surface area contributed by atoms with E-state index < -0.39 is 33.5 Å². The molecule has 162 valence electrons. The number of hydrogen-bond donors (Lipinski definition) is 1. The van der Waals surface area contributed by atoms with Crippen LogP contribution < -0.4 is 5.32 Å². The maximum atomic E-state index is 12.9. The van der Waals surface area contributed by atoms with Crippen molar-refractivity contribution in [2.45, 2.75) is 6.10 Å². The summed E-state index contributed by atoms with van der Waals surface area (Å²) in [4.78, 5) is 46.0. The molecule has 0 saturated heterocycles. The number of esters is 1. The number of ether oxygens (including phenoxy) is 1. The van der Waals surface area contributed by atoms with Crippen LogP contribution in [0, 0.1) is 20.2 Å². The van der Waals surface area contributed by atoms with Crippen molar-refractivity contribution < 1.29 is 24.2 Å². The lowest BCUT2D eigenvalue weighted by Crippen LogP contribution is -2.26. The molecule has 1 unspecified atom stereocenters. The molecule has 3 aromatic carbocycles. The monoisotopic (exact) mass is 455 g/mol. The molecule has 3 aromatic rings. The normalized spacial score (nSPS) is 11.3. The fraction of sp³-hybridized carbons (Fsp3) is 0.0476. The van der Waals surface area contributed by atoms with E-state index in [1.807, 2.05) is 0 Å². The number of halogens is 1. The van der Waals surface area contributed by atoms with Gasteiger partial charge in [-0.3, -0.25) is 25.0 Å². The van der Waals surface area contributed by atoms with Gasteiger partial charge in [0.2, 0.25) is 6.10 Å². The van der Waals surface area contributed by atoms with E-state index in [0.717, 1.165) is 18.2 Å². The summed E-state index contributed by atoms with van der Waals surface area (Å²) in [5.41, 5.74) is -0.166. The zero-order chi connectivity index (χ0) is 23.3. The molecule has 0 fully saturated rings. The van der Waals surface area contributed by atoms with Gasteiger partial charge < -0.3 is 10.1 Å². The van der Waals surface area contributed by atoms with Gasteiger partial charge in [0, 0.05) is 29.4 Å². The molecule has 0 bridgehead atoms. The van der Waals surface area contributed by atoms with E-state index in [0.29, 0.717) is 5.56 Å². The number of carbonyl (C=O) groups is 2. The van der Waals surface area contributed by atoms with Crippen LogP contribution in [0.3, 0.4) is 0 Å². The van der Waals surface area contributed by atoms with Crippen molar-refractivity contribution in [1.82, 2.24) is 0 Å². The molecule has 0 spiro atoms. The van der Waals surface area contributed by atoms with E-state index in [1.165, 1.54) is 24.3 Å². The van der Waals surface area contributed by atoms with E-state index in [1.54, 1.807) is 30.3 Å². The number of nitrogens with one attached hydrogen (secondary N) is 1. The Balaban J connectivity index is 1.85. The Hall–Kier alpha value is -4.31. The van der Waals surface area contributed by atoms with E-state index in [4.69, 9.17) is 16.3 Å². The number of benzene rings is 3. The Morgan fingerprint density at radius 3 is 2.16 bits per heavy atom. The molecule has 0 aromatic heterocycles. The molecular formula is C21H14ClN3O7. The summed E-state index contributed by atoms with van der Waals surface area (Å²) in [5, 5.41) is 24.2. The summed E-state index contributed by atoms with van der Waals surface area (Å²) in [6, 6.07) is 16.5. The number of nitro benzene ring substituents is 2. The number of carbonyl (C=O) groups excluding carboxylic acids is 2. The molecule has 3 rings (SSSR count). The van der Waals surface area contributed by atoms with E-state index in [-0.39, 0.29) is 22.0 Å². The molecular weight excluding hydrogens is 442 g/mol. The third-order valence-corrected chi connectivity index (χ3v) is 4.61. The van der Waals surface area contributed by atoms with Gasteiger partial charge in [-0.1, -0.05) is 41.9 Å². The quantitative estimate of drug-likeness (QED) is 0.309. The molecule has 1 N–H and O–H groups in total. The first kappa shape index (κ1) is 22.4. The van der Waals surface area contributed by atoms with Crippen LogP contribution in [0.5, 0.6) is 0 Å². The van der Waals surface area contributed by atoms with Gasteiger partial charge in [0.15, 0.2) is 0 Å². The largest absolute Gasteiger partial charge is 0.444 e. The molecule has 0 aliphatic rings. The summed E-state index contributed by atoms with van der Waals surface area (Å²) < 4.78 is 5.38. The number of hydrogen-bond acceptors (Lipinski definition) is 7. The summed E-state index contributed by atoms with van der Waals surface area (Å²) in [5.74, 6) is -1.64. The summed E-state index contributed by atoms with van der Waals surface area (Å²) in [6.45, 7) is 0. The van der Waals surface area contributed by atoms with Crippen LogP contribution in [0.15, 0.2) is 72.8 Å². The third kappa shape index (κ3) is 5.24. The van der Waals surface area contributed by atoms with E-state index in [2.05, 4.69) is 5.32 Å². The van der Waals surface area contributed by atoms with Crippen LogP contribution >= 0.6 is 11.6 Å². The zero-order valence-corrected chi connectivity index (χ0v) is 16.9. The average Bonchev–Trinajstić information content (AvgIpc) is 2.79. The highest BCUT2D eigenvalue weighted by atomic mass is 35.5. The first-order valence-electron chi connectivity index (χ1n) is 9.01. The smallest absolute Gasteiger partial charge is 0.339 e. The van der Waals surface area contributed by atoms with E-state index in [9.17, 15) is 29.8 Å². The molecule has 1 atom stereocenters. The SMILES string of the molecule is O=C(OC(C(=O)Nc1ccc(Cl)c([N+](=O)[O-])c1)c1ccccc1)c1ccc([N+](=O)[O-])cc1. The Morgan fingerprint density at radius 2 is 1.56 bits per heavy atom. The van der Waals surface area contributed by atoms with Gasteiger partial charge in [0.25, 0.3) is 17.3 Å². The maximum Gasteiger partial charge on any atom is 0.339 e. The minimum absolute atomic E-state index is 0.00598. The maximum absolute atomic E-state index is 12.9. The van der Waals surface area contributed by atoms with Crippen LogP contribution in [-0.2, 0) is 9.53 Å². The average molecular weight is 456 g/mol. The van der Waals surface area contributed by atoms with Crippen LogP contribution in [0.4, 0.5) is 17.1 Å². The summed E-state index contributed by atoms with van der Waals surface area (Å²) in [7, 11) is 0. The van der Waals surface area contributed by atoms with E-state index >= 15 is 0 Å². The van der Waals surface area contributed by atoms with Crippen LogP contribution in [0.25, 0.3) is 0 Å². The number of rotatable bonds is 7. The Kier molecular flexibility index (Phi) is 6.76. The molecule has 0 aliphatic heterocycles. The van der Waals surface area contributed by atoms with Crippen molar-refractivity contribution in [3.05, 3.63) is 109 Å². The van der Waals surface area contributed by atoms with Gasteiger partial charge in [-0.2, -0.15) is 0 Å². The standard InChI is InChI=1S/C21H14ClN3O7/c22-17-11-8-15(12-18(17)25(30)31)23-20(26)19(13-4-2-1-3-5-13)32-21(27)14-6-9-16(10-7-14)24(28)29/h1-12,19H,(H,23,26). The number of anilines is 1. The topological polar surface area (TPSA) is 142 Å². The van der Waals surface area contributed by atoms with Crippen molar-refractivity contribution >= 4 is 40.5 Å². The molecule has 1 amide bonds. The lowest BCUT2D eigenvalue weighted by atomic mass is 10.1. The minimum atomic E-state index is -1.39. The molecule has 0 aliphatic carbocycles. The van der Waals surface area contributed by atoms with Crippen LogP contribution in [0.2, 0.25) is 5.02 Å². The van der Waals surface area contributed by atoms with Gasteiger partial charge in [-0.15, -0.1) is 0 Å². The summed E-state index contributed by atoms with van der Waals surface area (Å²) in [6.07, 6.45) is -1.39. The minimum Gasteiger partial charge on any atom is -0.444 e. The molecule has 0 radical (unpaired) electrons. The van der Waals surface area contributed by atoms with Gasteiger partial charge in [-0.25, -0.2) is 4.79 Å². The van der Waals surface area contributed by atoms with Crippen molar-refractivity contribution in [2.75, 3.05) is 5.32 Å². The lowest BCUT2D eigenvalue weighted by molar-refractivity contribution is -0.385. The fourth-order valence-corrected chi connectivity index (χ4v) is 2.92. The molecule has 32 heavy (non-hydrogen) atoms. The first-order valence-corrected chi connectivity index (χ1v) is 9.39. The molecule has 11 heteroatoms. The number of amides is 1. The van der Waals surface area contributed by atoms with Crippen LogP contribution in [0.1, 0.15) is 22.0 Å². The summed E-state index contributed by atoms with van der Waals surface area (Å²) >= 11 is 5.79. The van der Waals surface area contributed by atoms with Gasteiger partial charge >= 0.3 is 5.97 Å². The van der Waals surface area contributed by atoms with Crippen molar-refractivity contribution in [3.63, 3.8) is 0 Å². The second-order valence-electron chi connectivity index (χ2n) is 6.41. The predicted octanol–water partition coefficient (Wildman–Crippen LogP) is 4.69. The second-order valence-corrected chi connectivity index (χ2v) is 6.82. The highest BCUT2D eigenvalue weighted by Gasteiger charge is 2.27. The molecule has 10 nitrogen and oxygen atoms in total. The van der Waals surface area contributed by atoms with Crippen LogP contribution in [-0.4, -0.2) is 21.7 Å². The Bertz CT molecular complexity index is 1180. The Morgan fingerprint density at radius 1 is 0.906 bits per heavy atom. The Labute approximate surface area is 185 Å². The lowest BCUT2D eigenvalue weighted by Gasteiger charge is -2.18. The predicted molar refractivity (Wildman–Crippen MR) is 114 cm³/mol. The van der Waals surface area contributed by atoms with Crippen molar-refractivity contribution in [3.8, 4) is 0 Å². The zero-order valence-electron chi connectivity index (χ0n) is 16.1. The number of nitrogens with zero attached hydrogens (tertiary/aromatic N) is 2. The molecule has 0 saturated carbocycles. The number of non-ortho nitro benzene ring substituents is 1. The van der Waals surface area contributed by atoms with Crippen molar-refractivity contribution in [2.24, 2.45) is 0 Å². The molecule has 0 heterocycles. The third-order valence-electron chi connectivity index (χ3n) is 4.29. The number of nitro groups is 2. The van der Waals surface area contributed by atoms with Gasteiger partial charge in [0.05, 0.1) is 15.4 Å². The highest BCUT2D eigenvalue weighted by molar-refractivity contribution is 6.32. The first-order chi connectivity index (χ1) is 15.3. The highest BCUT2D eigenvalue weighted by Crippen LogP contribution is 2.29.